The maximum absolute atomic E-state index is 5.93. The third kappa shape index (κ3) is 2.49. The minimum Gasteiger partial charge on any atom is -0.399 e. The molecule has 2 nitrogen and oxygen atoms in total. The molecule has 0 aliphatic carbocycles. The zero-order valence-electron chi connectivity index (χ0n) is 16.1. The van der Waals surface area contributed by atoms with Gasteiger partial charge in [-0.1, -0.05) is 48.5 Å². The Balaban J connectivity index is 1.74. The Morgan fingerprint density at radius 1 is 0.607 bits per heavy atom. The largest absolute Gasteiger partial charge is 0.399 e. The highest BCUT2D eigenvalue weighted by molar-refractivity contribution is 6.09. The standard InChI is InChI=1S/C26H22N2/c1-17-15-19(27)11-13-21(17)22-14-12-20(16-18(22)2)28-25-9-5-3-7-23(25)24-8-4-6-10-26(24)28/h3-16H,27H2,1-2H3. The quantitative estimate of drug-likeness (QED) is 0.350. The molecule has 0 bridgehead atoms. The molecular weight excluding hydrogens is 340 g/mol. The molecule has 0 spiro atoms. The lowest BCUT2D eigenvalue weighted by molar-refractivity contribution is 1.17. The summed E-state index contributed by atoms with van der Waals surface area (Å²) in [6.07, 6.45) is 0. The smallest absolute Gasteiger partial charge is 0.0541 e. The maximum atomic E-state index is 5.93. The molecule has 0 radical (unpaired) electrons. The highest BCUT2D eigenvalue weighted by Crippen LogP contribution is 2.34. The Labute approximate surface area is 164 Å². The van der Waals surface area contributed by atoms with Gasteiger partial charge in [0.15, 0.2) is 0 Å². The number of fused-ring (bicyclic) bond motifs is 3. The van der Waals surface area contributed by atoms with E-state index in [-0.39, 0.29) is 0 Å². The van der Waals surface area contributed by atoms with Crippen LogP contribution in [0.1, 0.15) is 11.1 Å². The van der Waals surface area contributed by atoms with Crippen molar-refractivity contribution in [1.29, 1.82) is 0 Å². The van der Waals surface area contributed by atoms with Gasteiger partial charge in [-0.2, -0.15) is 0 Å². The molecule has 0 saturated carbocycles. The fourth-order valence-electron chi connectivity index (χ4n) is 4.28. The first-order valence-electron chi connectivity index (χ1n) is 9.59. The van der Waals surface area contributed by atoms with Crippen molar-refractivity contribution >= 4 is 27.5 Å². The number of hydrogen-bond acceptors (Lipinski definition) is 1. The summed E-state index contributed by atoms with van der Waals surface area (Å²) in [5.74, 6) is 0. The van der Waals surface area contributed by atoms with Crippen molar-refractivity contribution in [3.05, 3.63) is 96.1 Å². The predicted molar refractivity (Wildman–Crippen MR) is 120 cm³/mol. The molecular formula is C26H22N2. The normalized spacial score (nSPS) is 11.4. The van der Waals surface area contributed by atoms with E-state index in [1.807, 2.05) is 12.1 Å². The van der Waals surface area contributed by atoms with Crippen molar-refractivity contribution in [3.8, 4) is 16.8 Å². The van der Waals surface area contributed by atoms with Crippen LogP contribution in [0.4, 0.5) is 5.69 Å². The van der Waals surface area contributed by atoms with Crippen LogP contribution in [0.25, 0.3) is 38.6 Å². The number of aryl methyl sites for hydroxylation is 2. The van der Waals surface area contributed by atoms with E-state index in [1.54, 1.807) is 0 Å². The van der Waals surface area contributed by atoms with Gasteiger partial charge in [0.1, 0.15) is 0 Å². The van der Waals surface area contributed by atoms with E-state index >= 15 is 0 Å². The van der Waals surface area contributed by atoms with Gasteiger partial charge in [0.05, 0.1) is 11.0 Å². The number of aromatic nitrogens is 1. The van der Waals surface area contributed by atoms with Crippen LogP contribution in [0, 0.1) is 13.8 Å². The second kappa shape index (κ2) is 6.28. The van der Waals surface area contributed by atoms with E-state index in [9.17, 15) is 0 Å². The number of rotatable bonds is 2. The summed E-state index contributed by atoms with van der Waals surface area (Å²) in [7, 11) is 0. The molecule has 4 aromatic carbocycles. The first-order valence-corrected chi connectivity index (χ1v) is 9.59. The summed E-state index contributed by atoms with van der Waals surface area (Å²) in [5.41, 5.74) is 15.3. The average molecular weight is 362 g/mol. The Morgan fingerprint density at radius 3 is 1.71 bits per heavy atom. The third-order valence-electron chi connectivity index (χ3n) is 5.59. The zero-order chi connectivity index (χ0) is 19.3. The van der Waals surface area contributed by atoms with E-state index in [4.69, 9.17) is 5.73 Å². The Morgan fingerprint density at radius 2 is 1.14 bits per heavy atom. The molecule has 0 aliphatic rings. The molecule has 5 rings (SSSR count). The molecule has 0 fully saturated rings. The number of nitrogens with zero attached hydrogens (tertiary/aromatic N) is 1. The minimum atomic E-state index is 0.806. The van der Waals surface area contributed by atoms with E-state index in [2.05, 4.69) is 91.2 Å². The van der Waals surface area contributed by atoms with Crippen molar-refractivity contribution in [1.82, 2.24) is 4.57 Å². The van der Waals surface area contributed by atoms with E-state index in [1.165, 1.54) is 49.7 Å². The lowest BCUT2D eigenvalue weighted by Gasteiger charge is -2.14. The summed E-state index contributed by atoms with van der Waals surface area (Å²) in [6.45, 7) is 4.30. The van der Waals surface area contributed by atoms with Crippen molar-refractivity contribution in [2.45, 2.75) is 13.8 Å². The molecule has 5 aromatic rings. The summed E-state index contributed by atoms with van der Waals surface area (Å²) < 4.78 is 2.36. The molecule has 0 amide bonds. The Bertz CT molecular complexity index is 1290. The summed E-state index contributed by atoms with van der Waals surface area (Å²) in [4.78, 5) is 0. The Kier molecular flexibility index (Phi) is 3.73. The second-order valence-electron chi connectivity index (χ2n) is 7.44. The van der Waals surface area contributed by atoms with Gasteiger partial charge >= 0.3 is 0 Å². The first kappa shape index (κ1) is 16.6. The van der Waals surface area contributed by atoms with Crippen LogP contribution in [0.3, 0.4) is 0 Å². The van der Waals surface area contributed by atoms with Crippen LogP contribution in [-0.2, 0) is 0 Å². The van der Waals surface area contributed by atoms with Crippen LogP contribution in [0.15, 0.2) is 84.9 Å². The fraction of sp³-hybridized carbons (Fsp3) is 0.0769. The van der Waals surface area contributed by atoms with Gasteiger partial charge in [-0.3, -0.25) is 0 Å². The number of para-hydroxylation sites is 2. The molecule has 1 aromatic heterocycles. The van der Waals surface area contributed by atoms with Crippen LogP contribution in [0.2, 0.25) is 0 Å². The van der Waals surface area contributed by atoms with Crippen LogP contribution in [0.5, 0.6) is 0 Å². The highest BCUT2D eigenvalue weighted by Gasteiger charge is 2.13. The van der Waals surface area contributed by atoms with Crippen molar-refractivity contribution in [2.75, 3.05) is 5.73 Å². The van der Waals surface area contributed by atoms with Crippen molar-refractivity contribution in [3.63, 3.8) is 0 Å². The number of hydrogen-bond donors (Lipinski definition) is 1. The summed E-state index contributed by atoms with van der Waals surface area (Å²) in [6, 6.07) is 30.1. The highest BCUT2D eigenvalue weighted by atomic mass is 15.0. The number of nitrogens with two attached hydrogens (primary N) is 1. The molecule has 0 saturated heterocycles. The molecule has 2 heteroatoms. The number of anilines is 1. The van der Waals surface area contributed by atoms with Gasteiger partial charge < -0.3 is 10.3 Å². The number of benzene rings is 4. The summed E-state index contributed by atoms with van der Waals surface area (Å²) in [5, 5.41) is 2.57. The fourth-order valence-corrected chi connectivity index (χ4v) is 4.28. The SMILES string of the molecule is Cc1cc(N)ccc1-c1ccc(-n2c3ccccc3c3ccccc32)cc1C. The Hall–Kier alpha value is -3.52. The molecule has 28 heavy (non-hydrogen) atoms. The maximum Gasteiger partial charge on any atom is 0.0541 e. The molecule has 0 atom stereocenters. The van der Waals surface area contributed by atoms with Gasteiger partial charge in [-0.15, -0.1) is 0 Å². The third-order valence-corrected chi connectivity index (χ3v) is 5.59. The first-order chi connectivity index (χ1) is 13.6. The van der Waals surface area contributed by atoms with Crippen LogP contribution >= 0.6 is 0 Å². The van der Waals surface area contributed by atoms with Gasteiger partial charge in [-0.05, 0) is 72.5 Å². The lowest BCUT2D eigenvalue weighted by Crippen LogP contribution is -1.96. The van der Waals surface area contributed by atoms with Gasteiger partial charge in [0.25, 0.3) is 0 Å². The van der Waals surface area contributed by atoms with Gasteiger partial charge in [-0.25, -0.2) is 0 Å². The molecule has 0 aliphatic heterocycles. The average Bonchev–Trinajstić information content (AvgIpc) is 3.03. The van der Waals surface area contributed by atoms with Crippen LogP contribution < -0.4 is 5.73 Å². The van der Waals surface area contributed by atoms with Crippen molar-refractivity contribution < 1.29 is 0 Å². The topological polar surface area (TPSA) is 30.9 Å². The molecule has 1 heterocycles. The van der Waals surface area contributed by atoms with Crippen LogP contribution in [-0.4, -0.2) is 4.57 Å². The van der Waals surface area contributed by atoms with E-state index in [0.29, 0.717) is 0 Å². The monoisotopic (exact) mass is 362 g/mol. The minimum absolute atomic E-state index is 0.806. The molecule has 2 N–H and O–H groups in total. The van der Waals surface area contributed by atoms with Gasteiger partial charge in [0, 0.05) is 22.1 Å². The van der Waals surface area contributed by atoms with Crippen molar-refractivity contribution in [2.24, 2.45) is 0 Å². The molecule has 0 unspecified atom stereocenters. The number of nitrogen functional groups attached to an aromatic ring is 1. The zero-order valence-corrected chi connectivity index (χ0v) is 16.1. The second-order valence-corrected chi connectivity index (χ2v) is 7.44. The predicted octanol–water partition coefficient (Wildman–Crippen LogP) is 6.65. The summed E-state index contributed by atoms with van der Waals surface area (Å²) >= 11 is 0. The van der Waals surface area contributed by atoms with E-state index in [0.717, 1.165) is 5.69 Å². The lowest BCUT2D eigenvalue weighted by atomic mass is 9.96. The molecule has 136 valence electrons. The van der Waals surface area contributed by atoms with E-state index < -0.39 is 0 Å². The van der Waals surface area contributed by atoms with Gasteiger partial charge in [0.2, 0.25) is 0 Å².